The Morgan fingerprint density at radius 3 is 2.50 bits per heavy atom. The van der Waals surface area contributed by atoms with Gasteiger partial charge in [0.1, 0.15) is 5.82 Å². The summed E-state index contributed by atoms with van der Waals surface area (Å²) >= 11 is 0. The lowest BCUT2D eigenvalue weighted by Gasteiger charge is -2.34. The van der Waals surface area contributed by atoms with Gasteiger partial charge in [0.2, 0.25) is 0 Å². The van der Waals surface area contributed by atoms with Gasteiger partial charge >= 0.3 is 0 Å². The second kappa shape index (κ2) is 7.73. The lowest BCUT2D eigenvalue weighted by Crippen LogP contribution is -2.44. The predicted octanol–water partition coefficient (Wildman–Crippen LogP) is 2.82. The molecule has 1 aromatic heterocycles. The van der Waals surface area contributed by atoms with Crippen molar-refractivity contribution in [1.82, 2.24) is 15.2 Å². The van der Waals surface area contributed by atoms with E-state index in [0.29, 0.717) is 5.69 Å². The van der Waals surface area contributed by atoms with Gasteiger partial charge in [-0.1, -0.05) is 6.07 Å². The first-order valence-corrected chi connectivity index (χ1v) is 8.48. The second-order valence-corrected chi connectivity index (χ2v) is 6.46. The molecule has 1 aliphatic rings. The molecule has 0 spiro atoms. The molecule has 4 nitrogen and oxygen atoms in total. The van der Waals surface area contributed by atoms with Crippen LogP contribution < -0.4 is 10.2 Å². The van der Waals surface area contributed by atoms with Gasteiger partial charge < -0.3 is 15.1 Å². The van der Waals surface area contributed by atoms with Crippen LogP contribution in [-0.2, 0) is 6.54 Å². The maximum Gasteiger partial charge on any atom is 0.146 e. The van der Waals surface area contributed by atoms with Gasteiger partial charge in [0.15, 0.2) is 0 Å². The molecule has 0 saturated carbocycles. The molecule has 0 unspecified atom stereocenters. The minimum atomic E-state index is -0.130. The van der Waals surface area contributed by atoms with Gasteiger partial charge in [-0.2, -0.15) is 0 Å². The van der Waals surface area contributed by atoms with Gasteiger partial charge in [-0.25, -0.2) is 4.39 Å². The minimum absolute atomic E-state index is 0.0919. The van der Waals surface area contributed by atoms with Gasteiger partial charge in [-0.3, -0.25) is 4.98 Å². The van der Waals surface area contributed by atoms with Crippen molar-refractivity contribution in [1.29, 1.82) is 0 Å². The number of anilines is 1. The highest BCUT2D eigenvalue weighted by molar-refractivity contribution is 5.50. The van der Waals surface area contributed by atoms with Crippen molar-refractivity contribution < 1.29 is 4.39 Å². The smallest absolute Gasteiger partial charge is 0.146 e. The molecule has 1 N–H and O–H groups in total. The van der Waals surface area contributed by atoms with E-state index in [1.54, 1.807) is 18.5 Å². The molecule has 0 radical (unpaired) electrons. The topological polar surface area (TPSA) is 31.4 Å². The fourth-order valence-electron chi connectivity index (χ4n) is 2.99. The highest BCUT2D eigenvalue weighted by Gasteiger charge is 2.18. The number of nitrogens with one attached hydrogen (secondary N) is 1. The predicted molar refractivity (Wildman–Crippen MR) is 95.6 cm³/mol. The van der Waals surface area contributed by atoms with Crippen LogP contribution in [0, 0.1) is 5.82 Å². The molecule has 1 atom stereocenters. The van der Waals surface area contributed by atoms with Crippen molar-refractivity contribution in [3.63, 3.8) is 0 Å². The van der Waals surface area contributed by atoms with E-state index in [4.69, 9.17) is 0 Å². The van der Waals surface area contributed by atoms with Crippen LogP contribution in [0.3, 0.4) is 0 Å². The van der Waals surface area contributed by atoms with E-state index in [2.05, 4.69) is 34.1 Å². The van der Waals surface area contributed by atoms with Crippen molar-refractivity contribution in [3.05, 3.63) is 59.7 Å². The molecular weight excluding hydrogens is 303 g/mol. The molecule has 1 fully saturated rings. The molecule has 2 heterocycles. The molecule has 128 valence electrons. The van der Waals surface area contributed by atoms with Crippen LogP contribution in [0.1, 0.15) is 24.1 Å². The highest BCUT2D eigenvalue weighted by Crippen LogP contribution is 2.24. The Bertz CT molecular complexity index is 654. The molecule has 24 heavy (non-hydrogen) atoms. The highest BCUT2D eigenvalue weighted by atomic mass is 19.1. The van der Waals surface area contributed by atoms with Gasteiger partial charge in [-0.15, -0.1) is 0 Å². The molecule has 2 aromatic rings. The van der Waals surface area contributed by atoms with Crippen LogP contribution >= 0.6 is 0 Å². The number of piperazine rings is 1. The fourth-order valence-corrected chi connectivity index (χ4v) is 2.99. The number of halogens is 1. The molecule has 0 bridgehead atoms. The van der Waals surface area contributed by atoms with Crippen molar-refractivity contribution in [3.8, 4) is 0 Å². The fraction of sp³-hybridized carbons (Fsp3) is 0.421. The van der Waals surface area contributed by atoms with Gasteiger partial charge in [-0.05, 0) is 49.4 Å². The molecule has 0 aliphatic carbocycles. The average molecular weight is 328 g/mol. The van der Waals surface area contributed by atoms with E-state index in [-0.39, 0.29) is 11.9 Å². The Labute approximate surface area is 143 Å². The normalized spacial score (nSPS) is 17.0. The number of nitrogens with zero attached hydrogens (tertiary/aromatic N) is 3. The molecule has 0 amide bonds. The van der Waals surface area contributed by atoms with Crippen molar-refractivity contribution in [2.24, 2.45) is 0 Å². The molecule has 3 rings (SSSR count). The second-order valence-electron chi connectivity index (χ2n) is 6.46. The monoisotopic (exact) mass is 328 g/mol. The Balaban J connectivity index is 1.63. The van der Waals surface area contributed by atoms with Gasteiger partial charge in [0, 0.05) is 51.2 Å². The summed E-state index contributed by atoms with van der Waals surface area (Å²) in [5.74, 6) is -0.130. The number of benzene rings is 1. The average Bonchev–Trinajstić information content (AvgIpc) is 2.61. The maximum atomic E-state index is 14.6. The summed E-state index contributed by atoms with van der Waals surface area (Å²) in [7, 11) is 2.10. The van der Waals surface area contributed by atoms with Crippen LogP contribution in [0.15, 0.2) is 42.7 Å². The summed E-state index contributed by atoms with van der Waals surface area (Å²) < 4.78 is 14.6. The molecule has 5 heteroatoms. The van der Waals surface area contributed by atoms with E-state index in [9.17, 15) is 4.39 Å². The zero-order valence-corrected chi connectivity index (χ0v) is 14.4. The third-order valence-electron chi connectivity index (χ3n) is 4.68. The number of pyridine rings is 1. The zero-order valence-electron chi connectivity index (χ0n) is 14.4. The van der Waals surface area contributed by atoms with Crippen LogP contribution in [0.5, 0.6) is 0 Å². The zero-order chi connectivity index (χ0) is 16.9. The third-order valence-corrected chi connectivity index (χ3v) is 4.68. The quantitative estimate of drug-likeness (QED) is 0.914. The number of hydrogen-bond donors (Lipinski definition) is 1. The summed E-state index contributed by atoms with van der Waals surface area (Å²) in [6.45, 7) is 6.51. The van der Waals surface area contributed by atoms with Crippen molar-refractivity contribution in [2.75, 3.05) is 38.1 Å². The summed E-state index contributed by atoms with van der Waals surface area (Å²) in [6, 6.07) is 9.67. The molecule has 1 aliphatic heterocycles. The largest absolute Gasteiger partial charge is 0.367 e. The summed E-state index contributed by atoms with van der Waals surface area (Å²) in [4.78, 5) is 8.42. The van der Waals surface area contributed by atoms with Crippen molar-refractivity contribution >= 4 is 5.69 Å². The number of likely N-dealkylation sites (N-methyl/N-ethyl adjacent to an activating group) is 1. The number of hydrogen-bond acceptors (Lipinski definition) is 4. The van der Waals surface area contributed by atoms with E-state index in [1.165, 1.54) is 5.56 Å². The molecular formula is C19H25FN4. The van der Waals surface area contributed by atoms with E-state index in [1.807, 2.05) is 24.3 Å². The lowest BCUT2D eigenvalue weighted by molar-refractivity contribution is 0.311. The standard InChI is InChI=1S/C19H25FN4/c1-15(22-14-16-5-7-21-8-6-16)17-3-4-19(18(20)13-17)24-11-9-23(2)10-12-24/h3-8,13,15,22H,9-12,14H2,1-2H3/t15-/m0/s1. The van der Waals surface area contributed by atoms with E-state index >= 15 is 0 Å². The number of aromatic nitrogens is 1. The van der Waals surface area contributed by atoms with Crippen LogP contribution in [0.4, 0.5) is 10.1 Å². The third kappa shape index (κ3) is 4.10. The Kier molecular flexibility index (Phi) is 5.43. The van der Waals surface area contributed by atoms with Gasteiger partial charge in [0.25, 0.3) is 0 Å². The first kappa shape index (κ1) is 16.9. The Morgan fingerprint density at radius 2 is 1.83 bits per heavy atom. The van der Waals surface area contributed by atoms with E-state index in [0.717, 1.165) is 38.3 Å². The first-order valence-electron chi connectivity index (χ1n) is 8.48. The molecule has 1 aromatic carbocycles. The van der Waals surface area contributed by atoms with Crippen molar-refractivity contribution in [2.45, 2.75) is 19.5 Å². The number of rotatable bonds is 5. The minimum Gasteiger partial charge on any atom is -0.367 e. The van der Waals surface area contributed by atoms with Crippen LogP contribution in [0.2, 0.25) is 0 Å². The molecule has 1 saturated heterocycles. The summed E-state index contributed by atoms with van der Waals surface area (Å²) in [5, 5.41) is 3.43. The Morgan fingerprint density at radius 1 is 1.12 bits per heavy atom. The summed E-state index contributed by atoms with van der Waals surface area (Å²) in [6.07, 6.45) is 3.57. The Hall–Kier alpha value is -1.98. The van der Waals surface area contributed by atoms with E-state index < -0.39 is 0 Å². The van der Waals surface area contributed by atoms with Crippen LogP contribution in [-0.4, -0.2) is 43.1 Å². The maximum absolute atomic E-state index is 14.6. The lowest BCUT2D eigenvalue weighted by atomic mass is 10.1. The van der Waals surface area contributed by atoms with Crippen LogP contribution in [0.25, 0.3) is 0 Å². The van der Waals surface area contributed by atoms with Gasteiger partial charge in [0.05, 0.1) is 5.69 Å². The summed E-state index contributed by atoms with van der Waals surface area (Å²) in [5.41, 5.74) is 2.86. The SMILES string of the molecule is C[C@H](NCc1ccncc1)c1ccc(N2CCN(C)CC2)c(F)c1. The first-order chi connectivity index (χ1) is 11.6.